The number of rotatable bonds is 5. The Morgan fingerprint density at radius 3 is 2.18 bits per heavy atom. The molecule has 0 unspecified atom stereocenters. The fraction of sp³-hybridized carbons (Fsp3) is 0.125. The highest BCUT2D eigenvalue weighted by Gasteiger charge is 2.12. The normalized spacial score (nSPS) is 11.7. The maximum Gasteiger partial charge on any atom is 0.343 e. The lowest BCUT2D eigenvalue weighted by molar-refractivity contribution is -0.138. The second-order valence-electron chi connectivity index (χ2n) is 4.73. The van der Waals surface area contributed by atoms with Crippen molar-refractivity contribution in [2.24, 2.45) is 5.73 Å². The van der Waals surface area contributed by atoms with Crippen molar-refractivity contribution in [2.45, 2.75) is 12.5 Å². The van der Waals surface area contributed by atoms with Crippen LogP contribution in [-0.2, 0) is 11.2 Å². The third kappa shape index (κ3) is 4.07. The Labute approximate surface area is 126 Å². The third-order valence-electron chi connectivity index (χ3n) is 3.01. The summed E-state index contributed by atoms with van der Waals surface area (Å²) in [4.78, 5) is 22.6. The van der Waals surface area contributed by atoms with E-state index in [2.05, 4.69) is 0 Å². The maximum atomic E-state index is 11.9. The molecule has 0 aromatic heterocycles. The van der Waals surface area contributed by atoms with Gasteiger partial charge in [0.1, 0.15) is 17.5 Å². The van der Waals surface area contributed by atoms with E-state index < -0.39 is 18.0 Å². The van der Waals surface area contributed by atoms with Crippen LogP contribution in [0.1, 0.15) is 15.9 Å². The lowest BCUT2D eigenvalue weighted by atomic mass is 10.1. The van der Waals surface area contributed by atoms with Crippen molar-refractivity contribution in [1.82, 2.24) is 0 Å². The van der Waals surface area contributed by atoms with Crippen LogP contribution in [0.5, 0.6) is 11.5 Å². The molecule has 0 saturated carbocycles. The van der Waals surface area contributed by atoms with Gasteiger partial charge in [-0.15, -0.1) is 0 Å². The fourth-order valence-electron chi connectivity index (χ4n) is 1.80. The summed E-state index contributed by atoms with van der Waals surface area (Å²) >= 11 is 0. The van der Waals surface area contributed by atoms with Gasteiger partial charge in [0, 0.05) is 0 Å². The minimum Gasteiger partial charge on any atom is -0.508 e. The number of ether oxygens (including phenoxy) is 1. The number of aromatic hydroxyl groups is 1. The van der Waals surface area contributed by atoms with E-state index in [1.165, 1.54) is 24.3 Å². The number of phenols is 1. The van der Waals surface area contributed by atoms with Crippen molar-refractivity contribution < 1.29 is 24.5 Å². The molecule has 0 saturated heterocycles. The van der Waals surface area contributed by atoms with Gasteiger partial charge in [0.15, 0.2) is 0 Å². The van der Waals surface area contributed by atoms with Gasteiger partial charge in [-0.3, -0.25) is 4.79 Å². The maximum absolute atomic E-state index is 11.9. The average Bonchev–Trinajstić information content (AvgIpc) is 2.49. The van der Waals surface area contributed by atoms with Crippen molar-refractivity contribution in [2.75, 3.05) is 0 Å². The number of phenolic OH excluding ortho intramolecular Hbond substituents is 1. The Morgan fingerprint density at radius 2 is 1.64 bits per heavy atom. The number of esters is 1. The Balaban J connectivity index is 2.00. The number of benzene rings is 2. The van der Waals surface area contributed by atoms with Gasteiger partial charge >= 0.3 is 11.9 Å². The van der Waals surface area contributed by atoms with E-state index in [1.54, 1.807) is 24.3 Å². The van der Waals surface area contributed by atoms with Crippen LogP contribution in [0.3, 0.4) is 0 Å². The van der Waals surface area contributed by atoms with Gasteiger partial charge in [-0.1, -0.05) is 12.1 Å². The largest absolute Gasteiger partial charge is 0.508 e. The second kappa shape index (κ2) is 6.73. The van der Waals surface area contributed by atoms with Gasteiger partial charge in [-0.05, 0) is 48.4 Å². The number of carboxylic acid groups (broad SMARTS) is 1. The van der Waals surface area contributed by atoms with Crippen molar-refractivity contribution >= 4 is 11.9 Å². The first-order valence-electron chi connectivity index (χ1n) is 6.54. The van der Waals surface area contributed by atoms with Crippen LogP contribution in [0.25, 0.3) is 0 Å². The van der Waals surface area contributed by atoms with Crippen LogP contribution in [0.2, 0.25) is 0 Å². The molecule has 0 radical (unpaired) electrons. The van der Waals surface area contributed by atoms with Gasteiger partial charge < -0.3 is 20.7 Å². The number of hydrogen-bond acceptors (Lipinski definition) is 5. The third-order valence-corrected chi connectivity index (χ3v) is 3.01. The Hall–Kier alpha value is -2.86. The molecule has 1 atom stereocenters. The van der Waals surface area contributed by atoms with E-state index in [-0.39, 0.29) is 12.2 Å². The zero-order chi connectivity index (χ0) is 16.1. The van der Waals surface area contributed by atoms with E-state index in [9.17, 15) is 9.59 Å². The SMILES string of the molecule is N[C@@H](Cc1ccc(OC(=O)c2ccc(O)cc2)cc1)C(=O)O. The molecule has 0 spiro atoms. The number of hydrogen-bond donors (Lipinski definition) is 3. The predicted octanol–water partition coefficient (Wildman–Crippen LogP) is 1.57. The van der Waals surface area contributed by atoms with Crippen LogP contribution >= 0.6 is 0 Å². The van der Waals surface area contributed by atoms with E-state index >= 15 is 0 Å². The molecule has 2 aromatic rings. The summed E-state index contributed by atoms with van der Waals surface area (Å²) in [5.74, 6) is -1.21. The molecule has 0 bridgehead atoms. The van der Waals surface area contributed by atoms with Gasteiger partial charge in [0.05, 0.1) is 5.56 Å². The molecule has 0 amide bonds. The first kappa shape index (κ1) is 15.5. The quantitative estimate of drug-likeness (QED) is 0.571. The second-order valence-corrected chi connectivity index (χ2v) is 4.73. The number of carboxylic acids is 1. The number of aliphatic carboxylic acids is 1. The molecule has 0 heterocycles. The molecule has 0 aliphatic carbocycles. The average molecular weight is 301 g/mol. The first-order chi connectivity index (χ1) is 10.5. The van der Waals surface area contributed by atoms with Gasteiger partial charge in [0.25, 0.3) is 0 Å². The van der Waals surface area contributed by atoms with Crippen LogP contribution in [0, 0.1) is 0 Å². The molecule has 2 aromatic carbocycles. The molecule has 114 valence electrons. The van der Waals surface area contributed by atoms with Gasteiger partial charge in [0.2, 0.25) is 0 Å². The molecule has 6 heteroatoms. The monoisotopic (exact) mass is 301 g/mol. The Bertz CT molecular complexity index is 664. The molecule has 22 heavy (non-hydrogen) atoms. The van der Waals surface area contributed by atoms with Crippen LogP contribution in [-0.4, -0.2) is 28.2 Å². The summed E-state index contributed by atoms with van der Waals surface area (Å²) in [5, 5.41) is 17.9. The lowest BCUT2D eigenvalue weighted by Gasteiger charge is -2.08. The van der Waals surface area contributed by atoms with E-state index in [4.69, 9.17) is 20.7 Å². The van der Waals surface area contributed by atoms with Crippen LogP contribution < -0.4 is 10.5 Å². The van der Waals surface area contributed by atoms with Crippen molar-refractivity contribution in [3.63, 3.8) is 0 Å². The Morgan fingerprint density at radius 1 is 1.05 bits per heavy atom. The fourth-order valence-corrected chi connectivity index (χ4v) is 1.80. The minimum atomic E-state index is -1.07. The summed E-state index contributed by atoms with van der Waals surface area (Å²) in [7, 11) is 0. The van der Waals surface area contributed by atoms with Crippen LogP contribution in [0.4, 0.5) is 0 Å². The highest BCUT2D eigenvalue weighted by atomic mass is 16.5. The highest BCUT2D eigenvalue weighted by molar-refractivity contribution is 5.91. The molecule has 0 aliphatic heterocycles. The van der Waals surface area contributed by atoms with Crippen LogP contribution in [0.15, 0.2) is 48.5 Å². The topological polar surface area (TPSA) is 110 Å². The van der Waals surface area contributed by atoms with Crippen molar-refractivity contribution in [3.8, 4) is 11.5 Å². The van der Waals surface area contributed by atoms with E-state index in [1.807, 2.05) is 0 Å². The van der Waals surface area contributed by atoms with Gasteiger partial charge in [-0.2, -0.15) is 0 Å². The number of carbonyl (C=O) groups excluding carboxylic acids is 1. The smallest absolute Gasteiger partial charge is 0.343 e. The summed E-state index contributed by atoms with van der Waals surface area (Å²) in [6.07, 6.45) is 0.196. The van der Waals surface area contributed by atoms with Crippen molar-refractivity contribution in [3.05, 3.63) is 59.7 Å². The predicted molar refractivity (Wildman–Crippen MR) is 78.8 cm³/mol. The number of carbonyl (C=O) groups is 2. The lowest BCUT2D eigenvalue weighted by Crippen LogP contribution is -2.32. The summed E-state index contributed by atoms with van der Waals surface area (Å²) in [6, 6.07) is 11.2. The zero-order valence-electron chi connectivity index (χ0n) is 11.6. The zero-order valence-corrected chi connectivity index (χ0v) is 11.6. The van der Waals surface area contributed by atoms with E-state index in [0.717, 1.165) is 5.56 Å². The Kier molecular flexibility index (Phi) is 4.75. The molecule has 0 aliphatic rings. The van der Waals surface area contributed by atoms with E-state index in [0.29, 0.717) is 11.3 Å². The highest BCUT2D eigenvalue weighted by Crippen LogP contribution is 2.16. The molecule has 4 N–H and O–H groups in total. The molecule has 2 rings (SSSR count). The molecule has 0 fully saturated rings. The van der Waals surface area contributed by atoms with Crippen molar-refractivity contribution in [1.29, 1.82) is 0 Å². The molecule has 6 nitrogen and oxygen atoms in total. The first-order valence-corrected chi connectivity index (χ1v) is 6.54. The summed E-state index contributed by atoms with van der Waals surface area (Å²) in [6.45, 7) is 0. The molecular formula is C16H15NO5. The summed E-state index contributed by atoms with van der Waals surface area (Å²) < 4.78 is 5.18. The van der Waals surface area contributed by atoms with Gasteiger partial charge in [-0.25, -0.2) is 4.79 Å². The number of nitrogens with two attached hydrogens (primary N) is 1. The minimum absolute atomic E-state index is 0.0654. The molecular weight excluding hydrogens is 286 g/mol. The summed E-state index contributed by atoms with van der Waals surface area (Å²) in [5.41, 5.74) is 6.50. The standard InChI is InChI=1S/C16H15NO5/c17-14(15(19)20)9-10-1-7-13(8-2-10)22-16(21)11-3-5-12(18)6-4-11/h1-8,14,18H,9,17H2,(H,19,20)/t14-/m0/s1.